The normalized spacial score (nSPS) is 20.3. The van der Waals surface area contributed by atoms with Gasteiger partial charge >= 0.3 is 18.0 Å². The second-order valence-electron chi connectivity index (χ2n) is 4.12. The van der Waals surface area contributed by atoms with Gasteiger partial charge < -0.3 is 20.1 Å². The van der Waals surface area contributed by atoms with Crippen LogP contribution in [0.4, 0.5) is 4.79 Å². The highest BCUT2D eigenvalue weighted by Crippen LogP contribution is 2.18. The Kier molecular flexibility index (Phi) is 4.94. The van der Waals surface area contributed by atoms with E-state index in [1.165, 1.54) is 12.0 Å². The van der Waals surface area contributed by atoms with Crippen molar-refractivity contribution in [3.8, 4) is 0 Å². The maximum absolute atomic E-state index is 11.9. The molecule has 2 atom stereocenters. The Balaban J connectivity index is 2.65. The summed E-state index contributed by atoms with van der Waals surface area (Å²) < 4.78 is 4.62. The van der Waals surface area contributed by atoms with Crippen molar-refractivity contribution in [2.24, 2.45) is 0 Å². The number of rotatable bonds is 4. The van der Waals surface area contributed by atoms with Crippen molar-refractivity contribution in [2.75, 3.05) is 13.7 Å². The number of esters is 1. The molecule has 1 aliphatic heterocycles. The fraction of sp³-hybridized carbons (Fsp3) is 0.727. The maximum atomic E-state index is 11.9. The molecule has 1 aliphatic rings. The average molecular weight is 258 g/mol. The van der Waals surface area contributed by atoms with E-state index in [-0.39, 0.29) is 6.42 Å². The molecule has 7 nitrogen and oxygen atoms in total. The van der Waals surface area contributed by atoms with E-state index in [0.29, 0.717) is 19.4 Å². The van der Waals surface area contributed by atoms with E-state index in [4.69, 9.17) is 5.11 Å². The Hall–Kier alpha value is -1.79. The van der Waals surface area contributed by atoms with Crippen molar-refractivity contribution in [2.45, 2.75) is 38.3 Å². The summed E-state index contributed by atoms with van der Waals surface area (Å²) >= 11 is 0. The molecule has 0 spiro atoms. The Morgan fingerprint density at radius 2 is 2.17 bits per heavy atom. The number of carbonyl (C=O) groups is 3. The van der Waals surface area contributed by atoms with Gasteiger partial charge in [0.15, 0.2) is 0 Å². The van der Waals surface area contributed by atoms with Gasteiger partial charge in [-0.3, -0.25) is 0 Å². The van der Waals surface area contributed by atoms with E-state index < -0.39 is 30.1 Å². The fourth-order valence-electron chi connectivity index (χ4n) is 1.96. The van der Waals surface area contributed by atoms with Gasteiger partial charge in [0.25, 0.3) is 0 Å². The van der Waals surface area contributed by atoms with Crippen molar-refractivity contribution in [1.82, 2.24) is 10.2 Å². The number of carboxylic acid groups (broad SMARTS) is 1. The largest absolute Gasteiger partial charge is 0.480 e. The summed E-state index contributed by atoms with van der Waals surface area (Å²) in [5.41, 5.74) is 0. The summed E-state index contributed by atoms with van der Waals surface area (Å²) in [5.74, 6) is -1.55. The number of methoxy groups -OCH3 is 1. The van der Waals surface area contributed by atoms with Gasteiger partial charge in [0.2, 0.25) is 0 Å². The lowest BCUT2D eigenvalue weighted by atomic mass is 10.2. The smallest absolute Gasteiger partial charge is 0.328 e. The predicted molar refractivity (Wildman–Crippen MR) is 62.0 cm³/mol. The zero-order chi connectivity index (χ0) is 13.7. The molecule has 0 aliphatic carbocycles. The quantitative estimate of drug-likeness (QED) is 0.702. The van der Waals surface area contributed by atoms with Crippen molar-refractivity contribution in [3.05, 3.63) is 0 Å². The molecule has 1 rings (SSSR count). The molecule has 0 aromatic carbocycles. The third-order valence-corrected chi connectivity index (χ3v) is 2.99. The standard InChI is InChI=1S/C11H18N2O5/c1-3-7(9(14)15)12-11(17)13-6-4-5-8(13)10(16)18-2/h7-8H,3-6H2,1-2H3,(H,12,17)(H,14,15)/t7-,8?/m0/s1. The molecule has 1 saturated heterocycles. The lowest BCUT2D eigenvalue weighted by molar-refractivity contribution is -0.144. The molecule has 2 N–H and O–H groups in total. The molecule has 1 heterocycles. The Morgan fingerprint density at radius 1 is 1.50 bits per heavy atom. The molecule has 0 aromatic heterocycles. The molecule has 0 saturated carbocycles. The molecule has 0 aromatic rings. The van der Waals surface area contributed by atoms with Crippen LogP contribution in [0.1, 0.15) is 26.2 Å². The molecule has 0 bridgehead atoms. The van der Waals surface area contributed by atoms with Gasteiger partial charge in [0, 0.05) is 6.54 Å². The van der Waals surface area contributed by atoms with Crippen LogP contribution >= 0.6 is 0 Å². The lowest BCUT2D eigenvalue weighted by Gasteiger charge is -2.24. The van der Waals surface area contributed by atoms with Gasteiger partial charge in [-0.25, -0.2) is 14.4 Å². The van der Waals surface area contributed by atoms with Crippen LogP contribution in [-0.4, -0.2) is 53.7 Å². The minimum atomic E-state index is -1.08. The van der Waals surface area contributed by atoms with Crippen LogP contribution in [0.5, 0.6) is 0 Å². The van der Waals surface area contributed by atoms with Crippen LogP contribution in [0.15, 0.2) is 0 Å². The minimum Gasteiger partial charge on any atom is -0.480 e. The monoisotopic (exact) mass is 258 g/mol. The zero-order valence-electron chi connectivity index (χ0n) is 10.5. The summed E-state index contributed by atoms with van der Waals surface area (Å²) in [7, 11) is 1.27. The van der Waals surface area contributed by atoms with Gasteiger partial charge in [-0.15, -0.1) is 0 Å². The van der Waals surface area contributed by atoms with Gasteiger partial charge in [-0.2, -0.15) is 0 Å². The first-order chi connectivity index (χ1) is 8.51. The fourth-order valence-corrected chi connectivity index (χ4v) is 1.96. The molecule has 102 valence electrons. The molecule has 0 radical (unpaired) electrons. The number of aliphatic carboxylic acids is 1. The van der Waals surface area contributed by atoms with Crippen molar-refractivity contribution < 1.29 is 24.2 Å². The number of nitrogens with zero attached hydrogens (tertiary/aromatic N) is 1. The number of amides is 2. The first-order valence-electron chi connectivity index (χ1n) is 5.89. The average Bonchev–Trinajstić information content (AvgIpc) is 2.83. The third kappa shape index (κ3) is 3.12. The molecule has 1 unspecified atom stereocenters. The summed E-state index contributed by atoms with van der Waals surface area (Å²) in [4.78, 5) is 35.5. The third-order valence-electron chi connectivity index (χ3n) is 2.99. The van der Waals surface area contributed by atoms with E-state index >= 15 is 0 Å². The molecular weight excluding hydrogens is 240 g/mol. The summed E-state index contributed by atoms with van der Waals surface area (Å²) in [6.45, 7) is 2.10. The number of nitrogens with one attached hydrogen (secondary N) is 1. The first-order valence-corrected chi connectivity index (χ1v) is 5.89. The predicted octanol–water partition coefficient (Wildman–Crippen LogP) is 0.197. The molecule has 2 amide bonds. The highest BCUT2D eigenvalue weighted by Gasteiger charge is 2.35. The summed E-state index contributed by atoms with van der Waals surface area (Å²) in [6.07, 6.45) is 1.54. The maximum Gasteiger partial charge on any atom is 0.328 e. The number of urea groups is 1. The van der Waals surface area contributed by atoms with Crippen LogP contribution in [0, 0.1) is 0 Å². The van der Waals surface area contributed by atoms with Gasteiger partial charge in [-0.1, -0.05) is 6.92 Å². The van der Waals surface area contributed by atoms with Crippen molar-refractivity contribution in [1.29, 1.82) is 0 Å². The van der Waals surface area contributed by atoms with Crippen LogP contribution in [0.2, 0.25) is 0 Å². The van der Waals surface area contributed by atoms with E-state index in [9.17, 15) is 14.4 Å². The molecule has 7 heteroatoms. The number of carbonyl (C=O) groups excluding carboxylic acids is 2. The van der Waals surface area contributed by atoms with Gasteiger partial charge in [0.1, 0.15) is 12.1 Å². The zero-order valence-corrected chi connectivity index (χ0v) is 10.5. The topological polar surface area (TPSA) is 95.9 Å². The molecule has 1 fully saturated rings. The van der Waals surface area contributed by atoms with Crippen molar-refractivity contribution >= 4 is 18.0 Å². The molecule has 18 heavy (non-hydrogen) atoms. The first kappa shape index (κ1) is 14.3. The Labute approximate surface area is 105 Å². The van der Waals surface area contributed by atoms with Crippen LogP contribution < -0.4 is 5.32 Å². The SMILES string of the molecule is CC[C@H](NC(=O)N1CCCC1C(=O)OC)C(=O)O. The minimum absolute atomic E-state index is 0.289. The number of hydrogen-bond acceptors (Lipinski definition) is 4. The highest BCUT2D eigenvalue weighted by atomic mass is 16.5. The van der Waals surface area contributed by atoms with Crippen molar-refractivity contribution in [3.63, 3.8) is 0 Å². The number of hydrogen-bond donors (Lipinski definition) is 2. The second kappa shape index (κ2) is 6.23. The highest BCUT2D eigenvalue weighted by molar-refractivity contribution is 5.87. The van der Waals surface area contributed by atoms with E-state index in [2.05, 4.69) is 10.1 Å². The van der Waals surface area contributed by atoms with Crippen LogP contribution in [-0.2, 0) is 14.3 Å². The van der Waals surface area contributed by atoms with Crippen LogP contribution in [0.25, 0.3) is 0 Å². The summed E-state index contributed by atoms with van der Waals surface area (Å²) in [5, 5.41) is 11.3. The van der Waals surface area contributed by atoms with Crippen LogP contribution in [0.3, 0.4) is 0 Å². The molecular formula is C11H18N2O5. The second-order valence-corrected chi connectivity index (χ2v) is 4.12. The van der Waals surface area contributed by atoms with E-state index in [0.717, 1.165) is 0 Å². The summed E-state index contributed by atoms with van der Waals surface area (Å²) in [6, 6.07) is -2.07. The van der Waals surface area contributed by atoms with Gasteiger partial charge in [0.05, 0.1) is 7.11 Å². The van der Waals surface area contributed by atoms with Gasteiger partial charge in [-0.05, 0) is 19.3 Å². The van der Waals surface area contributed by atoms with E-state index in [1.54, 1.807) is 6.92 Å². The lowest BCUT2D eigenvalue weighted by Crippen LogP contribution is -2.51. The Morgan fingerprint density at radius 3 is 2.67 bits per heavy atom. The number of likely N-dealkylation sites (tertiary alicyclic amines) is 1. The van der Waals surface area contributed by atoms with E-state index in [1.807, 2.05) is 0 Å². The number of carboxylic acids is 1. The number of ether oxygens (including phenoxy) is 1. The Bertz CT molecular complexity index is 344.